The second kappa shape index (κ2) is 17.7. The van der Waals surface area contributed by atoms with E-state index in [0.29, 0.717) is 13.9 Å². The molecule has 5 heteroatoms. The first-order valence-corrected chi connectivity index (χ1v) is 7.35. The van der Waals surface area contributed by atoms with Gasteiger partial charge in [0.2, 0.25) is 0 Å². The first-order chi connectivity index (χ1) is 1.41. The number of halogens is 2. The predicted octanol–water partition coefficient (Wildman–Crippen LogP) is 2.01. The molecule has 0 rings (SSSR count). The van der Waals surface area contributed by atoms with Crippen molar-refractivity contribution >= 4 is 26.9 Å². The molecule has 6 N–H and O–H groups in total. The van der Waals surface area contributed by atoms with Crippen molar-refractivity contribution < 1.29 is 13.9 Å². The third-order valence-electron chi connectivity index (χ3n) is 0. The molecule has 0 saturated heterocycles. The molecule has 40 valence electrons. The molecular weight excluding hydrogens is 294 g/mol. The molecule has 0 bridgehead atoms. The van der Waals surface area contributed by atoms with E-state index >= 15 is 0 Å². The van der Waals surface area contributed by atoms with Crippen molar-refractivity contribution in [3.05, 3.63) is 0 Å². The average molecular weight is 300 g/mol. The van der Waals surface area contributed by atoms with Gasteiger partial charge < -0.3 is 12.3 Å². The van der Waals surface area contributed by atoms with Crippen molar-refractivity contribution in [2.75, 3.05) is 0 Å². The van der Waals surface area contributed by atoms with Crippen LogP contribution in [0.1, 0.15) is 0 Å². The second-order valence-corrected chi connectivity index (χ2v) is 7.22. The van der Waals surface area contributed by atoms with Crippen LogP contribution in [0.25, 0.3) is 0 Å². The summed E-state index contributed by atoms with van der Waals surface area (Å²) in [6.07, 6.45) is 0. The van der Waals surface area contributed by atoms with Gasteiger partial charge in [-0.1, -0.05) is 0 Å². The van der Waals surface area contributed by atoms with E-state index in [1.54, 1.807) is 0 Å². The number of rotatable bonds is 0. The van der Waals surface area contributed by atoms with Crippen LogP contribution in [0.2, 0.25) is 0 Å². The zero-order valence-electron chi connectivity index (χ0n) is 2.49. The van der Waals surface area contributed by atoms with E-state index in [0.717, 1.165) is 0 Å². The molecule has 0 aliphatic carbocycles. The van der Waals surface area contributed by atoms with Crippen LogP contribution in [0.4, 0.5) is 0 Å². The topological polar surface area (TPSA) is 70.0 Å². The molecule has 0 amide bonds. The predicted molar refractivity (Wildman–Crippen MR) is 27.9 cm³/mol. The first-order valence-electron chi connectivity index (χ1n) is 0.239. The molecule has 0 spiro atoms. The van der Waals surface area contributed by atoms with Crippen molar-refractivity contribution in [2.45, 2.75) is 0 Å². The van der Waals surface area contributed by atoms with E-state index in [9.17, 15) is 0 Å². The second-order valence-electron chi connectivity index (χ2n) is 0.0452. The van der Waals surface area contributed by atoms with Gasteiger partial charge in [-0.15, -0.1) is 0 Å². The monoisotopic (exact) mass is 298 g/mol. The molecular formula is H6Br2N2Pd. The summed E-state index contributed by atoms with van der Waals surface area (Å²) in [4.78, 5) is 0. The molecule has 0 atom stereocenters. The molecule has 0 aromatic carbocycles. The van der Waals surface area contributed by atoms with Crippen molar-refractivity contribution in [3.8, 4) is 0 Å². The Morgan fingerprint density at radius 2 is 1.00 bits per heavy atom. The van der Waals surface area contributed by atoms with Crippen LogP contribution in [0.15, 0.2) is 0 Å². The molecule has 0 aromatic rings. The normalized spacial score (nSPS) is 4.40. The maximum absolute atomic E-state index is 3.11. The molecule has 0 aromatic heterocycles. The van der Waals surface area contributed by atoms with Crippen molar-refractivity contribution in [1.82, 2.24) is 12.3 Å². The van der Waals surface area contributed by atoms with Crippen LogP contribution in [0.5, 0.6) is 0 Å². The molecule has 0 aliphatic heterocycles. The first kappa shape index (κ1) is 16.0. The van der Waals surface area contributed by atoms with Gasteiger partial charge >= 0.3 is 40.8 Å². The van der Waals surface area contributed by atoms with Crippen LogP contribution in [-0.4, -0.2) is 0 Å². The zero-order chi connectivity index (χ0) is 2.71. The Hall–Kier alpha value is 1.54. The van der Waals surface area contributed by atoms with Crippen LogP contribution in [-0.2, 0) is 13.9 Å². The third-order valence-corrected chi connectivity index (χ3v) is 0. The maximum atomic E-state index is 3.11. The van der Waals surface area contributed by atoms with E-state index in [2.05, 4.69) is 26.9 Å². The Kier molecular flexibility index (Phi) is 56.7. The molecule has 0 heterocycles. The van der Waals surface area contributed by atoms with Gasteiger partial charge in [-0.25, -0.2) is 0 Å². The summed E-state index contributed by atoms with van der Waals surface area (Å²) in [5.41, 5.74) is 0. The quantitative estimate of drug-likeness (QED) is 0.672. The Balaban J connectivity index is -0.0000000200. The molecule has 0 unspecified atom stereocenters. The number of hydrogen-bond donors (Lipinski definition) is 2. The van der Waals surface area contributed by atoms with Gasteiger partial charge in [0.25, 0.3) is 0 Å². The van der Waals surface area contributed by atoms with E-state index < -0.39 is 0 Å². The Morgan fingerprint density at radius 1 is 1.00 bits per heavy atom. The molecule has 0 saturated carbocycles. The van der Waals surface area contributed by atoms with Crippen LogP contribution >= 0.6 is 26.9 Å². The fraction of sp³-hybridized carbons (Fsp3) is 0. The van der Waals surface area contributed by atoms with Crippen LogP contribution in [0.3, 0.4) is 0 Å². The summed E-state index contributed by atoms with van der Waals surface area (Å²) in [5, 5.41) is 0. The van der Waals surface area contributed by atoms with Gasteiger partial charge in [0.15, 0.2) is 0 Å². The van der Waals surface area contributed by atoms with Gasteiger partial charge in [0.05, 0.1) is 0 Å². The van der Waals surface area contributed by atoms with Gasteiger partial charge in [-0.3, -0.25) is 0 Å². The van der Waals surface area contributed by atoms with Gasteiger partial charge in [0, 0.05) is 0 Å². The van der Waals surface area contributed by atoms with Gasteiger partial charge in [0.1, 0.15) is 0 Å². The molecule has 0 radical (unpaired) electrons. The van der Waals surface area contributed by atoms with Gasteiger partial charge in [-0.05, 0) is 0 Å². The van der Waals surface area contributed by atoms with E-state index in [1.807, 2.05) is 0 Å². The van der Waals surface area contributed by atoms with Gasteiger partial charge in [-0.2, -0.15) is 0 Å². The van der Waals surface area contributed by atoms with E-state index in [4.69, 9.17) is 0 Å². The SMILES string of the molecule is N.N.[Br][Pd][Br]. The van der Waals surface area contributed by atoms with Crippen LogP contribution < -0.4 is 12.3 Å². The zero-order valence-corrected chi connectivity index (χ0v) is 7.21. The summed E-state index contributed by atoms with van der Waals surface area (Å²) >= 11 is 6.80. The standard InChI is InChI=1S/2BrH.2H3N.Pd/h2*1H;2*1H3;/q;;;;+2/p-2. The van der Waals surface area contributed by atoms with Crippen LogP contribution in [0, 0.1) is 0 Å². The minimum absolute atomic E-state index is 0. The summed E-state index contributed by atoms with van der Waals surface area (Å²) in [6.45, 7) is 0. The summed E-state index contributed by atoms with van der Waals surface area (Å²) in [5.74, 6) is 0. The number of hydrogen-bond acceptors (Lipinski definition) is 2. The van der Waals surface area contributed by atoms with E-state index in [1.165, 1.54) is 0 Å². The fourth-order valence-electron chi connectivity index (χ4n) is 0. The molecule has 0 aliphatic rings. The molecule has 0 fully saturated rings. The minimum atomic E-state index is 0. The summed E-state index contributed by atoms with van der Waals surface area (Å²) < 4.78 is 0. The fourth-order valence-corrected chi connectivity index (χ4v) is 0. The Bertz CT molecular complexity index is 7.61. The van der Waals surface area contributed by atoms with E-state index in [-0.39, 0.29) is 12.3 Å². The average Bonchev–Trinajstić information content (AvgIpc) is 0.918. The van der Waals surface area contributed by atoms with Crippen molar-refractivity contribution in [1.29, 1.82) is 0 Å². The Labute approximate surface area is 52.9 Å². The van der Waals surface area contributed by atoms with Crippen molar-refractivity contribution in [3.63, 3.8) is 0 Å². The summed E-state index contributed by atoms with van der Waals surface area (Å²) in [6, 6.07) is 0. The summed E-state index contributed by atoms with van der Waals surface area (Å²) in [7, 11) is 0. The third kappa shape index (κ3) is 29.2. The Morgan fingerprint density at radius 3 is 1.00 bits per heavy atom. The molecule has 5 heavy (non-hydrogen) atoms. The van der Waals surface area contributed by atoms with Crippen molar-refractivity contribution in [2.24, 2.45) is 0 Å². The molecule has 2 nitrogen and oxygen atoms in total.